The number of nitro groups is 1. The van der Waals surface area contributed by atoms with Gasteiger partial charge in [0.25, 0.3) is 11.8 Å². The van der Waals surface area contributed by atoms with Crippen LogP contribution in [0.3, 0.4) is 0 Å². The van der Waals surface area contributed by atoms with Crippen molar-refractivity contribution in [3.63, 3.8) is 0 Å². The molecular formula is C14H6ClFN2O4. The van der Waals surface area contributed by atoms with Crippen molar-refractivity contribution in [1.82, 2.24) is 0 Å². The standard InChI is InChI=1S/C14H6ClFN2O4/c15-9-5-10(16)12(18(21)22)6-11(9)17-13(19)7-3-1-2-4-8(7)14(17)20/h1-6H. The average Bonchev–Trinajstić information content (AvgIpc) is 2.72. The number of benzene rings is 2. The van der Waals surface area contributed by atoms with Crippen LogP contribution in [0.4, 0.5) is 15.8 Å². The number of hydrogen-bond donors (Lipinski definition) is 0. The van der Waals surface area contributed by atoms with Crippen LogP contribution in [0.15, 0.2) is 36.4 Å². The molecular weight excluding hydrogens is 315 g/mol. The van der Waals surface area contributed by atoms with E-state index in [0.717, 1.165) is 6.07 Å². The molecule has 0 unspecified atom stereocenters. The van der Waals surface area contributed by atoms with E-state index in [1.165, 1.54) is 12.1 Å². The number of halogens is 2. The highest BCUT2D eigenvalue weighted by atomic mass is 35.5. The van der Waals surface area contributed by atoms with Gasteiger partial charge in [-0.15, -0.1) is 0 Å². The van der Waals surface area contributed by atoms with Crippen molar-refractivity contribution in [1.29, 1.82) is 0 Å². The quantitative estimate of drug-likeness (QED) is 0.483. The Bertz CT molecular complexity index is 818. The van der Waals surface area contributed by atoms with Crippen molar-refractivity contribution in [3.05, 3.63) is 68.5 Å². The second-order valence-corrected chi connectivity index (χ2v) is 4.91. The molecule has 0 fully saturated rings. The molecule has 0 saturated heterocycles. The first kappa shape index (κ1) is 14.2. The number of carbonyl (C=O) groups is 2. The van der Waals surface area contributed by atoms with Crippen molar-refractivity contribution in [3.8, 4) is 0 Å². The van der Waals surface area contributed by atoms with Gasteiger partial charge in [-0.1, -0.05) is 23.7 Å². The molecule has 0 aliphatic carbocycles. The Balaban J connectivity index is 2.18. The van der Waals surface area contributed by atoms with E-state index < -0.39 is 28.2 Å². The molecule has 110 valence electrons. The van der Waals surface area contributed by atoms with Crippen LogP contribution < -0.4 is 4.90 Å². The second kappa shape index (κ2) is 4.88. The lowest BCUT2D eigenvalue weighted by atomic mass is 10.1. The number of fused-ring (bicyclic) bond motifs is 1. The van der Waals surface area contributed by atoms with Crippen molar-refractivity contribution in [2.45, 2.75) is 0 Å². The lowest BCUT2D eigenvalue weighted by Crippen LogP contribution is -2.29. The predicted molar refractivity (Wildman–Crippen MR) is 75.6 cm³/mol. The summed E-state index contributed by atoms with van der Waals surface area (Å²) in [4.78, 5) is 35.2. The van der Waals surface area contributed by atoms with Gasteiger partial charge in [0.2, 0.25) is 5.82 Å². The van der Waals surface area contributed by atoms with Gasteiger partial charge in [-0.05, 0) is 12.1 Å². The fourth-order valence-corrected chi connectivity index (χ4v) is 2.48. The van der Waals surface area contributed by atoms with Crippen LogP contribution in [-0.4, -0.2) is 16.7 Å². The Morgan fingerprint density at radius 3 is 2.14 bits per heavy atom. The summed E-state index contributed by atoms with van der Waals surface area (Å²) in [7, 11) is 0. The highest BCUT2D eigenvalue weighted by Crippen LogP contribution is 2.36. The summed E-state index contributed by atoms with van der Waals surface area (Å²) in [6, 6.07) is 7.57. The van der Waals surface area contributed by atoms with Crippen molar-refractivity contribution < 1.29 is 18.9 Å². The summed E-state index contributed by atoms with van der Waals surface area (Å²) in [6.07, 6.45) is 0. The van der Waals surface area contributed by atoms with E-state index in [1.54, 1.807) is 12.1 Å². The number of anilines is 1. The summed E-state index contributed by atoms with van der Waals surface area (Å²) in [5.41, 5.74) is -0.761. The topological polar surface area (TPSA) is 80.5 Å². The van der Waals surface area contributed by atoms with E-state index >= 15 is 0 Å². The molecule has 1 aliphatic heterocycles. The van der Waals surface area contributed by atoms with Gasteiger partial charge < -0.3 is 0 Å². The summed E-state index contributed by atoms with van der Waals surface area (Å²) in [5, 5.41) is 10.5. The minimum atomic E-state index is -1.14. The normalized spacial score (nSPS) is 13.5. The van der Waals surface area contributed by atoms with E-state index in [4.69, 9.17) is 11.6 Å². The number of rotatable bonds is 2. The molecule has 6 nitrogen and oxygen atoms in total. The van der Waals surface area contributed by atoms with Gasteiger partial charge >= 0.3 is 5.69 Å². The van der Waals surface area contributed by atoms with Gasteiger partial charge in [-0.2, -0.15) is 4.39 Å². The summed E-state index contributed by atoms with van der Waals surface area (Å²) >= 11 is 5.85. The van der Waals surface area contributed by atoms with Crippen LogP contribution >= 0.6 is 11.6 Å². The number of nitrogens with zero attached hydrogens (tertiary/aromatic N) is 2. The Morgan fingerprint density at radius 2 is 1.64 bits per heavy atom. The summed E-state index contributed by atoms with van der Waals surface area (Å²) in [6.45, 7) is 0. The monoisotopic (exact) mass is 320 g/mol. The molecule has 0 atom stereocenters. The first-order valence-corrected chi connectivity index (χ1v) is 6.41. The molecule has 2 amide bonds. The molecule has 8 heteroatoms. The highest BCUT2D eigenvalue weighted by Gasteiger charge is 2.38. The SMILES string of the molecule is O=C1c2ccccc2C(=O)N1c1cc([N+](=O)[O-])c(F)cc1Cl. The molecule has 22 heavy (non-hydrogen) atoms. The third-order valence-electron chi connectivity index (χ3n) is 3.25. The third-order valence-corrected chi connectivity index (χ3v) is 3.55. The van der Waals surface area contributed by atoms with Gasteiger partial charge in [0.05, 0.1) is 26.8 Å². The zero-order chi connectivity index (χ0) is 16.0. The van der Waals surface area contributed by atoms with Crippen LogP contribution in [0.2, 0.25) is 5.02 Å². The number of hydrogen-bond acceptors (Lipinski definition) is 4. The van der Waals surface area contributed by atoms with Crippen LogP contribution in [0.25, 0.3) is 0 Å². The van der Waals surface area contributed by atoms with Crippen LogP contribution in [0, 0.1) is 15.9 Å². The molecule has 0 radical (unpaired) electrons. The minimum Gasteiger partial charge on any atom is -0.268 e. The van der Waals surface area contributed by atoms with Gasteiger partial charge in [0, 0.05) is 12.1 Å². The van der Waals surface area contributed by atoms with Crippen molar-refractivity contribution in [2.75, 3.05) is 4.90 Å². The molecule has 2 aromatic carbocycles. The smallest absolute Gasteiger partial charge is 0.268 e. The summed E-state index contributed by atoms with van der Waals surface area (Å²) < 4.78 is 13.5. The van der Waals surface area contributed by atoms with Gasteiger partial charge in [0.1, 0.15) is 0 Å². The maximum Gasteiger partial charge on any atom is 0.306 e. The largest absolute Gasteiger partial charge is 0.306 e. The molecule has 3 rings (SSSR count). The molecule has 2 aromatic rings. The number of imide groups is 1. The van der Waals surface area contributed by atoms with Gasteiger partial charge in [-0.3, -0.25) is 19.7 Å². The first-order chi connectivity index (χ1) is 10.4. The Morgan fingerprint density at radius 1 is 1.09 bits per heavy atom. The van der Waals surface area contributed by atoms with Gasteiger partial charge in [0.15, 0.2) is 0 Å². The maximum absolute atomic E-state index is 13.5. The highest BCUT2D eigenvalue weighted by molar-refractivity contribution is 6.39. The Hall–Kier alpha value is -2.80. The fraction of sp³-hybridized carbons (Fsp3) is 0. The minimum absolute atomic E-state index is 0.163. The van der Waals surface area contributed by atoms with E-state index in [0.29, 0.717) is 11.0 Å². The van der Waals surface area contributed by atoms with Crippen LogP contribution in [0.1, 0.15) is 20.7 Å². The van der Waals surface area contributed by atoms with Crippen molar-refractivity contribution >= 4 is 34.8 Å². The van der Waals surface area contributed by atoms with E-state index in [2.05, 4.69) is 0 Å². The molecule has 0 aromatic heterocycles. The zero-order valence-electron chi connectivity index (χ0n) is 10.7. The van der Waals surface area contributed by atoms with Gasteiger partial charge in [-0.25, -0.2) is 4.90 Å². The summed E-state index contributed by atoms with van der Waals surface area (Å²) in [5.74, 6) is -2.47. The van der Waals surface area contributed by atoms with Crippen LogP contribution in [0.5, 0.6) is 0 Å². The molecule has 1 heterocycles. The number of nitro benzene ring substituents is 1. The maximum atomic E-state index is 13.5. The lowest BCUT2D eigenvalue weighted by Gasteiger charge is -2.15. The Kier molecular flexibility index (Phi) is 3.14. The van der Waals surface area contributed by atoms with E-state index in [1.807, 2.05) is 0 Å². The molecule has 0 spiro atoms. The number of amides is 2. The second-order valence-electron chi connectivity index (χ2n) is 4.50. The zero-order valence-corrected chi connectivity index (χ0v) is 11.5. The molecule has 1 aliphatic rings. The van der Waals surface area contributed by atoms with Crippen molar-refractivity contribution in [2.24, 2.45) is 0 Å². The fourth-order valence-electron chi connectivity index (χ4n) is 2.25. The molecule has 0 N–H and O–H groups in total. The third kappa shape index (κ3) is 1.94. The van der Waals surface area contributed by atoms with Crippen LogP contribution in [-0.2, 0) is 0 Å². The number of carbonyl (C=O) groups excluding carboxylic acids is 2. The Labute approximate surface area is 127 Å². The average molecular weight is 321 g/mol. The molecule has 0 saturated carbocycles. The molecule has 0 bridgehead atoms. The first-order valence-electron chi connectivity index (χ1n) is 6.03. The predicted octanol–water partition coefficient (Wildman–Crippen LogP) is 3.19. The van der Waals surface area contributed by atoms with E-state index in [9.17, 15) is 24.1 Å². The van der Waals surface area contributed by atoms with E-state index in [-0.39, 0.29) is 21.8 Å². The lowest BCUT2D eigenvalue weighted by molar-refractivity contribution is -0.387.